The summed E-state index contributed by atoms with van der Waals surface area (Å²) in [5, 5.41) is 11.9. The van der Waals surface area contributed by atoms with Crippen LogP contribution in [0.5, 0.6) is 0 Å². The lowest BCUT2D eigenvalue weighted by Crippen LogP contribution is -2.38. The number of nitrogens with zero attached hydrogens (tertiary/aromatic N) is 3. The Kier molecular flexibility index (Phi) is 5.03. The minimum Gasteiger partial charge on any atom is -0.476 e. The zero-order valence-corrected chi connectivity index (χ0v) is 11.2. The molecule has 2 N–H and O–H groups in total. The lowest BCUT2D eigenvalue weighted by molar-refractivity contribution is 0.0690. The second-order valence-corrected chi connectivity index (χ2v) is 4.75. The van der Waals surface area contributed by atoms with Crippen molar-refractivity contribution in [2.24, 2.45) is 5.92 Å². The number of rotatable bonds is 6. The van der Waals surface area contributed by atoms with Crippen LogP contribution in [0.2, 0.25) is 0 Å². The van der Waals surface area contributed by atoms with Crippen molar-refractivity contribution in [2.75, 3.05) is 26.0 Å². The van der Waals surface area contributed by atoms with Crippen molar-refractivity contribution < 1.29 is 9.90 Å². The third kappa shape index (κ3) is 3.96. The topological polar surface area (TPSA) is 78.3 Å². The first-order valence-corrected chi connectivity index (χ1v) is 5.87. The second kappa shape index (κ2) is 6.30. The van der Waals surface area contributed by atoms with Gasteiger partial charge in [-0.05, 0) is 20.0 Å². The summed E-state index contributed by atoms with van der Waals surface area (Å²) < 4.78 is 0. The number of hydrogen-bond acceptors (Lipinski definition) is 5. The number of carbonyl (C=O) groups is 1. The first-order chi connectivity index (χ1) is 8.41. The SMILES string of the molecule is CC(C)C(CNc1cncc(C(=O)O)n1)N(C)C. The van der Waals surface area contributed by atoms with Crippen LogP contribution < -0.4 is 5.32 Å². The third-order valence-corrected chi connectivity index (χ3v) is 2.78. The predicted octanol–water partition coefficient (Wildman–Crippen LogP) is 1.17. The first-order valence-electron chi connectivity index (χ1n) is 5.87. The molecule has 0 fully saturated rings. The highest BCUT2D eigenvalue weighted by molar-refractivity contribution is 5.85. The highest BCUT2D eigenvalue weighted by Gasteiger charge is 2.15. The highest BCUT2D eigenvalue weighted by Crippen LogP contribution is 2.09. The Balaban J connectivity index is 2.67. The van der Waals surface area contributed by atoms with Crippen molar-refractivity contribution in [3.8, 4) is 0 Å². The van der Waals surface area contributed by atoms with Gasteiger partial charge in [-0.1, -0.05) is 13.8 Å². The molecule has 0 aliphatic heterocycles. The van der Waals surface area contributed by atoms with Crippen molar-refractivity contribution in [3.63, 3.8) is 0 Å². The van der Waals surface area contributed by atoms with Gasteiger partial charge in [-0.2, -0.15) is 0 Å². The van der Waals surface area contributed by atoms with Crippen LogP contribution in [-0.4, -0.2) is 52.6 Å². The van der Waals surface area contributed by atoms with Gasteiger partial charge in [0.1, 0.15) is 5.82 Å². The molecule has 0 saturated heterocycles. The lowest BCUT2D eigenvalue weighted by Gasteiger charge is -2.28. The number of aromatic carboxylic acids is 1. The first kappa shape index (κ1) is 14.4. The number of nitrogens with one attached hydrogen (secondary N) is 1. The van der Waals surface area contributed by atoms with E-state index in [1.807, 2.05) is 14.1 Å². The Morgan fingerprint density at radius 2 is 2.11 bits per heavy atom. The second-order valence-electron chi connectivity index (χ2n) is 4.75. The minimum absolute atomic E-state index is 0.0500. The van der Waals surface area contributed by atoms with Crippen molar-refractivity contribution in [2.45, 2.75) is 19.9 Å². The normalized spacial score (nSPS) is 12.8. The molecule has 0 aliphatic rings. The van der Waals surface area contributed by atoms with E-state index in [0.717, 1.165) is 0 Å². The van der Waals surface area contributed by atoms with E-state index < -0.39 is 5.97 Å². The molecule has 0 aliphatic carbocycles. The molecule has 0 saturated carbocycles. The van der Waals surface area contributed by atoms with Crippen LogP contribution in [0.25, 0.3) is 0 Å². The minimum atomic E-state index is -1.07. The molecule has 0 amide bonds. The number of carboxylic acids is 1. The molecule has 6 heteroatoms. The number of anilines is 1. The van der Waals surface area contributed by atoms with Gasteiger partial charge in [0.25, 0.3) is 0 Å². The molecule has 1 rings (SSSR count). The maximum atomic E-state index is 10.8. The van der Waals surface area contributed by atoms with Crippen LogP contribution in [0.3, 0.4) is 0 Å². The van der Waals surface area contributed by atoms with E-state index in [9.17, 15) is 4.79 Å². The fourth-order valence-corrected chi connectivity index (χ4v) is 1.78. The molecular weight excluding hydrogens is 232 g/mol. The Morgan fingerprint density at radius 3 is 2.61 bits per heavy atom. The number of aromatic nitrogens is 2. The summed E-state index contributed by atoms with van der Waals surface area (Å²) in [4.78, 5) is 20.7. The predicted molar refractivity (Wildman–Crippen MR) is 69.8 cm³/mol. The molecule has 100 valence electrons. The highest BCUT2D eigenvalue weighted by atomic mass is 16.4. The zero-order chi connectivity index (χ0) is 13.7. The fourth-order valence-electron chi connectivity index (χ4n) is 1.78. The van der Waals surface area contributed by atoms with Crippen molar-refractivity contribution >= 4 is 11.8 Å². The molecule has 0 spiro atoms. The molecule has 18 heavy (non-hydrogen) atoms. The van der Waals surface area contributed by atoms with Crippen LogP contribution in [-0.2, 0) is 0 Å². The van der Waals surface area contributed by atoms with Crippen molar-refractivity contribution in [1.29, 1.82) is 0 Å². The molecule has 0 aromatic carbocycles. The Hall–Kier alpha value is -1.69. The van der Waals surface area contributed by atoms with E-state index in [4.69, 9.17) is 5.11 Å². The lowest BCUT2D eigenvalue weighted by atomic mass is 10.0. The van der Waals surface area contributed by atoms with Gasteiger partial charge >= 0.3 is 5.97 Å². The molecule has 1 aromatic rings. The smallest absolute Gasteiger partial charge is 0.356 e. The van der Waals surface area contributed by atoms with E-state index in [-0.39, 0.29) is 5.69 Å². The fraction of sp³-hybridized carbons (Fsp3) is 0.583. The number of likely N-dealkylation sites (N-methyl/N-ethyl adjacent to an activating group) is 1. The summed E-state index contributed by atoms with van der Waals surface area (Å²) in [6.45, 7) is 4.99. The van der Waals surface area contributed by atoms with Gasteiger partial charge in [0.2, 0.25) is 0 Å². The van der Waals surface area contributed by atoms with Crippen molar-refractivity contribution in [3.05, 3.63) is 18.1 Å². The average molecular weight is 252 g/mol. The van der Waals surface area contributed by atoms with Gasteiger partial charge in [-0.3, -0.25) is 4.98 Å². The quantitative estimate of drug-likeness (QED) is 0.791. The molecule has 1 aromatic heterocycles. The van der Waals surface area contributed by atoms with Crippen LogP contribution in [0.4, 0.5) is 5.82 Å². The third-order valence-electron chi connectivity index (χ3n) is 2.78. The van der Waals surface area contributed by atoms with Crippen LogP contribution in [0, 0.1) is 5.92 Å². The molecule has 0 bridgehead atoms. The molecule has 1 heterocycles. The van der Waals surface area contributed by atoms with Gasteiger partial charge < -0.3 is 15.3 Å². The van der Waals surface area contributed by atoms with E-state index >= 15 is 0 Å². The Bertz CT molecular complexity index is 399. The largest absolute Gasteiger partial charge is 0.476 e. The zero-order valence-electron chi connectivity index (χ0n) is 11.2. The Labute approximate surface area is 107 Å². The summed E-state index contributed by atoms with van der Waals surface area (Å²) >= 11 is 0. The summed E-state index contributed by atoms with van der Waals surface area (Å²) in [7, 11) is 4.04. The maximum absolute atomic E-state index is 10.8. The van der Waals surface area contributed by atoms with Crippen LogP contribution in [0.15, 0.2) is 12.4 Å². The van der Waals surface area contributed by atoms with E-state index in [0.29, 0.717) is 24.3 Å². The maximum Gasteiger partial charge on any atom is 0.356 e. The van der Waals surface area contributed by atoms with Gasteiger partial charge in [0, 0.05) is 12.6 Å². The monoisotopic (exact) mass is 252 g/mol. The molecule has 1 unspecified atom stereocenters. The standard InChI is InChI=1S/C12H20N4O2/c1-8(2)10(16(3)4)6-14-11-7-13-5-9(15-11)12(17)18/h5,7-8,10H,6H2,1-4H3,(H,14,15)(H,17,18). The molecule has 6 nitrogen and oxygen atoms in total. The van der Waals surface area contributed by atoms with Gasteiger partial charge in [0.05, 0.1) is 12.4 Å². The van der Waals surface area contributed by atoms with E-state index in [1.165, 1.54) is 12.4 Å². The molecular formula is C12H20N4O2. The van der Waals surface area contributed by atoms with E-state index in [1.54, 1.807) is 0 Å². The van der Waals surface area contributed by atoms with Crippen LogP contribution in [0.1, 0.15) is 24.3 Å². The summed E-state index contributed by atoms with van der Waals surface area (Å²) in [5.74, 6) is -0.0929. The van der Waals surface area contributed by atoms with E-state index in [2.05, 4.69) is 34.0 Å². The average Bonchev–Trinajstić information content (AvgIpc) is 2.28. The van der Waals surface area contributed by atoms with Gasteiger partial charge in [0.15, 0.2) is 5.69 Å². The molecule has 0 radical (unpaired) electrons. The number of carboxylic acid groups (broad SMARTS) is 1. The summed E-state index contributed by atoms with van der Waals surface area (Å²) in [6.07, 6.45) is 2.76. The van der Waals surface area contributed by atoms with Crippen molar-refractivity contribution in [1.82, 2.24) is 14.9 Å². The van der Waals surface area contributed by atoms with Gasteiger partial charge in [-0.15, -0.1) is 0 Å². The van der Waals surface area contributed by atoms with Gasteiger partial charge in [-0.25, -0.2) is 9.78 Å². The number of hydrogen-bond donors (Lipinski definition) is 2. The summed E-state index contributed by atoms with van der Waals surface area (Å²) in [5.41, 5.74) is -0.0500. The Morgan fingerprint density at radius 1 is 1.44 bits per heavy atom. The summed E-state index contributed by atoms with van der Waals surface area (Å²) in [6, 6.07) is 0.347. The molecule has 1 atom stereocenters. The van der Waals surface area contributed by atoms with Crippen LogP contribution >= 0.6 is 0 Å².